The predicted molar refractivity (Wildman–Crippen MR) is 109 cm³/mol. The minimum Gasteiger partial charge on any atom is -0.459 e. The number of carbonyl (C=O) groups is 2. The van der Waals surface area contributed by atoms with Crippen molar-refractivity contribution < 1.29 is 14.0 Å². The summed E-state index contributed by atoms with van der Waals surface area (Å²) in [5.41, 5.74) is 0. The lowest BCUT2D eigenvalue weighted by atomic mass is 10.2. The third kappa shape index (κ3) is 4.76. The third-order valence-corrected chi connectivity index (χ3v) is 5.64. The topological polar surface area (TPSA) is 73.1 Å². The fourth-order valence-corrected chi connectivity index (χ4v) is 3.87. The van der Waals surface area contributed by atoms with E-state index < -0.39 is 0 Å². The largest absolute Gasteiger partial charge is 0.459 e. The molecule has 0 bridgehead atoms. The van der Waals surface area contributed by atoms with Gasteiger partial charge in [-0.3, -0.25) is 14.5 Å². The summed E-state index contributed by atoms with van der Waals surface area (Å²) in [5, 5.41) is 0. The Morgan fingerprint density at radius 3 is 2.31 bits per heavy atom. The summed E-state index contributed by atoms with van der Waals surface area (Å²) in [5.74, 6) is 1.44. The molecule has 0 spiro atoms. The molecule has 154 valence electrons. The molecule has 2 amide bonds. The number of aromatic nitrogens is 1. The zero-order chi connectivity index (χ0) is 20.1. The van der Waals surface area contributed by atoms with Gasteiger partial charge < -0.3 is 19.1 Å². The molecule has 4 rings (SSSR count). The molecular weight excluding hydrogens is 370 g/mol. The van der Waals surface area contributed by atoms with Crippen LogP contribution in [0.1, 0.15) is 17.0 Å². The lowest BCUT2D eigenvalue weighted by Crippen LogP contribution is -2.51. The molecule has 8 nitrogen and oxygen atoms in total. The quantitative estimate of drug-likeness (QED) is 0.754. The van der Waals surface area contributed by atoms with E-state index in [1.807, 2.05) is 29.3 Å². The van der Waals surface area contributed by atoms with Crippen molar-refractivity contribution in [3.8, 4) is 0 Å². The molecule has 2 aliphatic rings. The summed E-state index contributed by atoms with van der Waals surface area (Å²) in [7, 11) is 0. The number of hydrogen-bond donors (Lipinski definition) is 0. The Balaban J connectivity index is 1.17. The first-order chi connectivity index (χ1) is 14.2. The number of nitrogens with zero attached hydrogens (tertiary/aromatic N) is 5. The molecule has 2 saturated heterocycles. The molecule has 0 aliphatic carbocycles. The predicted octanol–water partition coefficient (Wildman–Crippen LogP) is 1.17. The molecule has 0 atom stereocenters. The molecule has 0 unspecified atom stereocenters. The van der Waals surface area contributed by atoms with E-state index in [-0.39, 0.29) is 11.8 Å². The average Bonchev–Trinajstić information content (AvgIpc) is 3.33. The molecule has 0 radical (unpaired) electrons. The van der Waals surface area contributed by atoms with E-state index in [4.69, 9.17) is 4.42 Å². The van der Waals surface area contributed by atoms with Crippen LogP contribution in [0.2, 0.25) is 0 Å². The highest BCUT2D eigenvalue weighted by molar-refractivity contribution is 5.91. The highest BCUT2D eigenvalue weighted by atomic mass is 16.3. The van der Waals surface area contributed by atoms with Crippen molar-refractivity contribution in [2.24, 2.45) is 0 Å². The molecule has 4 heterocycles. The Morgan fingerprint density at radius 1 is 0.897 bits per heavy atom. The van der Waals surface area contributed by atoms with Crippen molar-refractivity contribution in [2.45, 2.75) is 6.42 Å². The van der Waals surface area contributed by atoms with Crippen LogP contribution in [0.25, 0.3) is 0 Å². The van der Waals surface area contributed by atoms with Crippen LogP contribution < -0.4 is 4.90 Å². The van der Waals surface area contributed by atoms with Gasteiger partial charge in [-0.05, 0) is 24.3 Å². The molecule has 29 heavy (non-hydrogen) atoms. The lowest BCUT2D eigenvalue weighted by Gasteiger charge is -2.37. The van der Waals surface area contributed by atoms with Crippen LogP contribution in [0, 0.1) is 0 Å². The average molecular weight is 397 g/mol. The van der Waals surface area contributed by atoms with Gasteiger partial charge in [-0.2, -0.15) is 0 Å². The minimum atomic E-state index is -0.104. The van der Waals surface area contributed by atoms with Crippen molar-refractivity contribution in [1.82, 2.24) is 19.7 Å². The van der Waals surface area contributed by atoms with Gasteiger partial charge in [0.2, 0.25) is 5.91 Å². The van der Waals surface area contributed by atoms with Crippen LogP contribution in [-0.4, -0.2) is 90.4 Å². The Bertz CT molecular complexity index is 795. The zero-order valence-corrected chi connectivity index (χ0v) is 16.6. The van der Waals surface area contributed by atoms with E-state index in [9.17, 15) is 9.59 Å². The van der Waals surface area contributed by atoms with Gasteiger partial charge in [-0.25, -0.2) is 4.98 Å². The van der Waals surface area contributed by atoms with E-state index in [2.05, 4.69) is 14.8 Å². The SMILES string of the molecule is O=C(CCN1CCN(c2ccccn2)CC1)N1CCN(C(=O)c2ccco2)CC1. The number of carbonyl (C=O) groups excluding carboxylic acids is 2. The van der Waals surface area contributed by atoms with Crippen molar-refractivity contribution in [1.29, 1.82) is 0 Å². The van der Waals surface area contributed by atoms with Crippen LogP contribution in [0.5, 0.6) is 0 Å². The normalized spacial score (nSPS) is 18.1. The molecule has 8 heteroatoms. The maximum Gasteiger partial charge on any atom is 0.289 e. The summed E-state index contributed by atoms with van der Waals surface area (Å²) in [6, 6.07) is 9.36. The molecule has 2 fully saturated rings. The van der Waals surface area contributed by atoms with Gasteiger partial charge in [0.15, 0.2) is 5.76 Å². The summed E-state index contributed by atoms with van der Waals surface area (Å²) in [6.45, 7) is 6.78. The first-order valence-electron chi connectivity index (χ1n) is 10.2. The first kappa shape index (κ1) is 19.4. The van der Waals surface area contributed by atoms with Crippen LogP contribution in [0.3, 0.4) is 0 Å². The Labute approximate surface area is 170 Å². The summed E-state index contributed by atoms with van der Waals surface area (Å²) >= 11 is 0. The number of amides is 2. The van der Waals surface area contributed by atoms with Gasteiger partial charge in [0.05, 0.1) is 6.26 Å². The van der Waals surface area contributed by atoms with Gasteiger partial charge in [0.25, 0.3) is 5.91 Å². The highest BCUT2D eigenvalue weighted by Crippen LogP contribution is 2.14. The molecule has 2 aliphatic heterocycles. The first-order valence-corrected chi connectivity index (χ1v) is 10.2. The second-order valence-electron chi connectivity index (χ2n) is 7.42. The minimum absolute atomic E-state index is 0.104. The molecule has 2 aromatic heterocycles. The number of hydrogen-bond acceptors (Lipinski definition) is 6. The monoisotopic (exact) mass is 397 g/mol. The molecule has 0 aromatic carbocycles. The van der Waals surface area contributed by atoms with Gasteiger partial charge >= 0.3 is 0 Å². The van der Waals surface area contributed by atoms with Gasteiger partial charge in [0, 0.05) is 71.5 Å². The van der Waals surface area contributed by atoms with Crippen LogP contribution in [0.4, 0.5) is 5.82 Å². The highest BCUT2D eigenvalue weighted by Gasteiger charge is 2.26. The number of rotatable bonds is 5. The van der Waals surface area contributed by atoms with Crippen molar-refractivity contribution >= 4 is 17.6 Å². The van der Waals surface area contributed by atoms with E-state index in [1.165, 1.54) is 6.26 Å². The zero-order valence-electron chi connectivity index (χ0n) is 16.6. The van der Waals surface area contributed by atoms with E-state index >= 15 is 0 Å². The molecule has 2 aromatic rings. The second kappa shape index (κ2) is 9.09. The van der Waals surface area contributed by atoms with Crippen LogP contribution in [-0.2, 0) is 4.79 Å². The van der Waals surface area contributed by atoms with Gasteiger partial charge in [-0.15, -0.1) is 0 Å². The van der Waals surface area contributed by atoms with Crippen molar-refractivity contribution in [2.75, 3.05) is 63.8 Å². The fourth-order valence-electron chi connectivity index (χ4n) is 3.87. The maximum atomic E-state index is 12.6. The van der Waals surface area contributed by atoms with Crippen molar-refractivity contribution in [3.05, 3.63) is 48.6 Å². The van der Waals surface area contributed by atoms with E-state index in [0.29, 0.717) is 38.4 Å². The standard InChI is InChI=1S/C21H27N5O3/c27-20(25-13-15-26(16-14-25)21(28)18-4-3-17-29-18)6-8-23-9-11-24(12-10-23)19-5-1-2-7-22-19/h1-5,7,17H,6,8-16H2. The fraction of sp³-hybridized carbons (Fsp3) is 0.476. The van der Waals surface area contributed by atoms with E-state index in [0.717, 1.165) is 38.5 Å². The maximum absolute atomic E-state index is 12.6. The Morgan fingerprint density at radius 2 is 1.66 bits per heavy atom. The lowest BCUT2D eigenvalue weighted by molar-refractivity contribution is -0.133. The molecule has 0 saturated carbocycles. The van der Waals surface area contributed by atoms with E-state index in [1.54, 1.807) is 17.0 Å². The summed E-state index contributed by atoms with van der Waals surface area (Å²) in [4.78, 5) is 37.6. The van der Waals surface area contributed by atoms with Crippen LogP contribution >= 0.6 is 0 Å². The van der Waals surface area contributed by atoms with Crippen LogP contribution in [0.15, 0.2) is 47.2 Å². The smallest absolute Gasteiger partial charge is 0.289 e. The van der Waals surface area contributed by atoms with Crippen molar-refractivity contribution in [3.63, 3.8) is 0 Å². The van der Waals surface area contributed by atoms with Gasteiger partial charge in [-0.1, -0.05) is 6.07 Å². The number of pyridine rings is 1. The third-order valence-electron chi connectivity index (χ3n) is 5.64. The summed E-state index contributed by atoms with van der Waals surface area (Å²) < 4.78 is 5.18. The second-order valence-corrected chi connectivity index (χ2v) is 7.42. The number of piperazine rings is 2. The van der Waals surface area contributed by atoms with Gasteiger partial charge in [0.1, 0.15) is 5.82 Å². The number of furan rings is 1. The number of anilines is 1. The summed E-state index contributed by atoms with van der Waals surface area (Å²) in [6.07, 6.45) is 3.85. The Hall–Kier alpha value is -2.87. The molecule has 0 N–H and O–H groups in total. The molecular formula is C21H27N5O3. The Kier molecular flexibility index (Phi) is 6.09.